The van der Waals surface area contributed by atoms with Crippen molar-refractivity contribution in [2.45, 2.75) is 51.1 Å². The summed E-state index contributed by atoms with van der Waals surface area (Å²) < 4.78 is 0. The second kappa shape index (κ2) is 9.41. The second-order valence-electron chi connectivity index (χ2n) is 10.8. The number of hydrogen-bond acceptors (Lipinski definition) is 3. The van der Waals surface area contributed by atoms with Crippen LogP contribution in [0, 0.1) is 5.92 Å². The number of nitrogens with zero attached hydrogens (tertiary/aromatic N) is 2. The monoisotopic (exact) mass is 462 g/mol. The summed E-state index contributed by atoms with van der Waals surface area (Å²) in [5, 5.41) is 6.55. The van der Waals surface area contributed by atoms with E-state index in [1.54, 1.807) is 19.0 Å². The van der Waals surface area contributed by atoms with Crippen LogP contribution in [0.25, 0.3) is 11.1 Å². The number of piperidine rings is 1. The van der Waals surface area contributed by atoms with E-state index >= 15 is 0 Å². The number of hydrogen-bond donors (Lipinski definition) is 2. The van der Waals surface area contributed by atoms with Gasteiger partial charge in [-0.05, 0) is 87.9 Å². The molecule has 3 aliphatic rings. The van der Waals surface area contributed by atoms with Gasteiger partial charge in [0, 0.05) is 31.7 Å². The van der Waals surface area contributed by atoms with E-state index < -0.39 is 5.54 Å². The van der Waals surface area contributed by atoms with Crippen LogP contribution in [-0.2, 0) is 5.54 Å². The Balaban J connectivity index is 1.41. The first-order chi connectivity index (χ1) is 16.1. The maximum absolute atomic E-state index is 13.0. The Morgan fingerprint density at radius 3 is 2.06 bits per heavy atom. The Bertz CT molecular complexity index is 1020. The van der Waals surface area contributed by atoms with Crippen LogP contribution in [0.3, 0.4) is 0 Å². The van der Waals surface area contributed by atoms with E-state index in [-0.39, 0.29) is 17.5 Å². The molecule has 3 fully saturated rings. The lowest BCUT2D eigenvalue weighted by molar-refractivity contribution is 0.0827. The third-order valence-corrected chi connectivity index (χ3v) is 7.74. The van der Waals surface area contributed by atoms with Crippen LogP contribution in [0.15, 0.2) is 48.5 Å². The van der Waals surface area contributed by atoms with Crippen molar-refractivity contribution in [3.8, 4) is 11.1 Å². The Hall–Kier alpha value is -2.86. The summed E-state index contributed by atoms with van der Waals surface area (Å²) in [7, 11) is 3.51. The normalized spacial score (nSPS) is 24.3. The zero-order valence-electron chi connectivity index (χ0n) is 21.1. The summed E-state index contributed by atoms with van der Waals surface area (Å²) in [6.07, 6.45) is 3.32. The van der Waals surface area contributed by atoms with E-state index in [2.05, 4.69) is 46.7 Å². The maximum Gasteiger partial charge on any atom is 0.315 e. The molecule has 2 bridgehead atoms. The molecule has 0 spiro atoms. The summed E-state index contributed by atoms with van der Waals surface area (Å²) in [5.74, 6) is 0.537. The van der Waals surface area contributed by atoms with Crippen LogP contribution in [0.4, 0.5) is 4.79 Å². The summed E-state index contributed by atoms with van der Waals surface area (Å²) in [6, 6.07) is 15.8. The SMILES string of the molecule is CN(C)C(=O)c1ccc(-c2ccc(C(C)(C)NC(=O)NC3(C)CCN4CCC3CC4)cc2)cc1. The highest BCUT2D eigenvalue weighted by molar-refractivity contribution is 5.94. The third kappa shape index (κ3) is 5.12. The van der Waals surface area contributed by atoms with E-state index in [0.717, 1.165) is 55.6 Å². The highest BCUT2D eigenvalue weighted by atomic mass is 16.2. The van der Waals surface area contributed by atoms with Crippen LogP contribution >= 0.6 is 0 Å². The zero-order chi connectivity index (χ0) is 24.5. The van der Waals surface area contributed by atoms with Crippen molar-refractivity contribution in [1.82, 2.24) is 20.4 Å². The van der Waals surface area contributed by atoms with Crippen molar-refractivity contribution >= 4 is 11.9 Å². The first-order valence-electron chi connectivity index (χ1n) is 12.3. The van der Waals surface area contributed by atoms with Crippen LogP contribution in [-0.4, -0.2) is 61.0 Å². The number of urea groups is 1. The molecule has 0 saturated carbocycles. The molecule has 1 unspecified atom stereocenters. The molecule has 6 nitrogen and oxygen atoms in total. The summed E-state index contributed by atoms with van der Waals surface area (Å²) in [4.78, 5) is 29.3. The fourth-order valence-electron chi connectivity index (χ4n) is 5.34. The molecule has 34 heavy (non-hydrogen) atoms. The molecule has 0 aromatic heterocycles. The van der Waals surface area contributed by atoms with Gasteiger partial charge in [-0.15, -0.1) is 0 Å². The van der Waals surface area contributed by atoms with Gasteiger partial charge in [0.25, 0.3) is 5.91 Å². The van der Waals surface area contributed by atoms with E-state index in [4.69, 9.17) is 0 Å². The molecule has 2 N–H and O–H groups in total. The predicted molar refractivity (Wildman–Crippen MR) is 137 cm³/mol. The van der Waals surface area contributed by atoms with Crippen molar-refractivity contribution in [1.29, 1.82) is 0 Å². The lowest BCUT2D eigenvalue weighted by atomic mass is 9.79. The van der Waals surface area contributed by atoms with Gasteiger partial charge in [-0.25, -0.2) is 4.79 Å². The quantitative estimate of drug-likeness (QED) is 0.689. The standard InChI is InChI=1S/C28H38N4O2/c1-27(2,29-26(34)30-28(3)16-19-32-17-14-24(28)15-18-32)23-12-10-21(11-13-23)20-6-8-22(9-7-20)25(33)31(4)5/h6-13,24H,14-19H2,1-5H3,(H2,29,30,34). The summed E-state index contributed by atoms with van der Waals surface area (Å²) in [6.45, 7) is 9.64. The number of nitrogens with one attached hydrogen (secondary N) is 2. The minimum Gasteiger partial charge on any atom is -0.345 e. The average molecular weight is 463 g/mol. The number of fused-ring (bicyclic) bond motifs is 4. The minimum atomic E-state index is -0.507. The fraction of sp³-hybridized carbons (Fsp3) is 0.500. The first kappa shape index (κ1) is 24.3. The number of carbonyl (C=O) groups excluding carboxylic acids is 2. The minimum absolute atomic E-state index is 0.00374. The molecule has 3 amide bonds. The number of benzene rings is 2. The Morgan fingerprint density at radius 1 is 0.941 bits per heavy atom. The van der Waals surface area contributed by atoms with Gasteiger partial charge in [0.2, 0.25) is 0 Å². The third-order valence-electron chi connectivity index (χ3n) is 7.74. The number of amides is 3. The first-order valence-corrected chi connectivity index (χ1v) is 12.3. The van der Waals surface area contributed by atoms with Gasteiger partial charge < -0.3 is 20.4 Å². The Kier molecular flexibility index (Phi) is 6.72. The highest BCUT2D eigenvalue weighted by Crippen LogP contribution is 2.35. The molecular weight excluding hydrogens is 424 g/mol. The highest BCUT2D eigenvalue weighted by Gasteiger charge is 2.41. The molecule has 182 valence electrons. The average Bonchev–Trinajstić information content (AvgIpc) is 3.06. The van der Waals surface area contributed by atoms with Gasteiger partial charge in [0.05, 0.1) is 5.54 Å². The molecule has 3 saturated heterocycles. The Morgan fingerprint density at radius 2 is 1.50 bits per heavy atom. The van der Waals surface area contributed by atoms with Gasteiger partial charge in [-0.3, -0.25) is 4.79 Å². The van der Waals surface area contributed by atoms with Crippen LogP contribution in [0.1, 0.15) is 56.0 Å². The molecular formula is C28H38N4O2. The van der Waals surface area contributed by atoms with Gasteiger partial charge in [0.15, 0.2) is 0 Å². The van der Waals surface area contributed by atoms with Gasteiger partial charge in [-0.2, -0.15) is 0 Å². The lowest BCUT2D eigenvalue weighted by Crippen LogP contribution is -2.57. The number of rotatable bonds is 5. The van der Waals surface area contributed by atoms with Gasteiger partial charge in [-0.1, -0.05) is 36.4 Å². The van der Waals surface area contributed by atoms with Crippen molar-refractivity contribution in [3.05, 3.63) is 59.7 Å². The van der Waals surface area contributed by atoms with E-state index in [0.29, 0.717) is 11.5 Å². The van der Waals surface area contributed by atoms with Gasteiger partial charge >= 0.3 is 6.03 Å². The second-order valence-corrected chi connectivity index (χ2v) is 10.8. The van der Waals surface area contributed by atoms with Crippen molar-refractivity contribution in [2.75, 3.05) is 33.7 Å². The van der Waals surface area contributed by atoms with Crippen molar-refractivity contribution < 1.29 is 9.59 Å². The molecule has 6 heteroatoms. The molecule has 0 radical (unpaired) electrons. The molecule has 2 aromatic carbocycles. The lowest BCUT2D eigenvalue weighted by Gasteiger charge is -2.39. The predicted octanol–water partition coefficient (Wildman–Crippen LogP) is 4.46. The largest absolute Gasteiger partial charge is 0.345 e. The summed E-state index contributed by atoms with van der Waals surface area (Å²) >= 11 is 0. The number of carbonyl (C=O) groups is 2. The van der Waals surface area contributed by atoms with Crippen LogP contribution < -0.4 is 10.6 Å². The molecule has 3 heterocycles. The fourth-order valence-corrected chi connectivity index (χ4v) is 5.34. The van der Waals surface area contributed by atoms with E-state index in [9.17, 15) is 9.59 Å². The van der Waals surface area contributed by atoms with Crippen LogP contribution in [0.2, 0.25) is 0 Å². The van der Waals surface area contributed by atoms with E-state index in [1.165, 1.54) is 0 Å². The molecule has 0 aliphatic carbocycles. The molecule has 1 atom stereocenters. The summed E-state index contributed by atoms with van der Waals surface area (Å²) in [5.41, 5.74) is 3.18. The Labute approximate surface area is 203 Å². The van der Waals surface area contributed by atoms with Gasteiger partial charge in [0.1, 0.15) is 0 Å². The van der Waals surface area contributed by atoms with Crippen molar-refractivity contribution in [3.63, 3.8) is 0 Å². The topological polar surface area (TPSA) is 64.7 Å². The van der Waals surface area contributed by atoms with Crippen LogP contribution in [0.5, 0.6) is 0 Å². The van der Waals surface area contributed by atoms with Crippen molar-refractivity contribution in [2.24, 2.45) is 5.92 Å². The molecule has 5 rings (SSSR count). The molecule has 2 aromatic rings. The smallest absolute Gasteiger partial charge is 0.315 e. The zero-order valence-corrected chi connectivity index (χ0v) is 21.1. The maximum atomic E-state index is 13.0. The molecule has 3 aliphatic heterocycles. The van der Waals surface area contributed by atoms with E-state index in [1.807, 2.05) is 38.1 Å².